The van der Waals surface area contributed by atoms with Crippen LogP contribution >= 0.6 is 11.8 Å². The van der Waals surface area contributed by atoms with Crippen LogP contribution in [0.15, 0.2) is 95.2 Å². The lowest BCUT2D eigenvalue weighted by Crippen LogP contribution is -2.24. The van der Waals surface area contributed by atoms with E-state index in [-0.39, 0.29) is 0 Å². The van der Waals surface area contributed by atoms with Crippen LogP contribution in [-0.4, -0.2) is 35.5 Å². The van der Waals surface area contributed by atoms with Crippen molar-refractivity contribution in [3.63, 3.8) is 0 Å². The van der Waals surface area contributed by atoms with Gasteiger partial charge in [0.2, 0.25) is 0 Å². The summed E-state index contributed by atoms with van der Waals surface area (Å²) in [4.78, 5) is 3.72. The Hall–Kier alpha value is -2.72. The van der Waals surface area contributed by atoms with Crippen molar-refractivity contribution in [1.82, 2.24) is 9.91 Å². The molecule has 0 aliphatic carbocycles. The van der Waals surface area contributed by atoms with E-state index in [1.54, 1.807) is 0 Å². The summed E-state index contributed by atoms with van der Waals surface area (Å²) >= 11 is 1.92. The predicted octanol–water partition coefficient (Wildman–Crippen LogP) is 10.7. The number of allylic oxidation sites excluding steroid dienone is 3. The number of hydrogen-bond acceptors (Lipinski definition) is 4. The molecule has 0 amide bonds. The van der Waals surface area contributed by atoms with Gasteiger partial charge in [0.25, 0.3) is 0 Å². The maximum Gasteiger partial charge on any atom is 0.0664 e. The Morgan fingerprint density at radius 3 is 2.20 bits per heavy atom. The highest BCUT2D eigenvalue weighted by Crippen LogP contribution is 2.18. The first kappa shape index (κ1) is 37.3. The third kappa shape index (κ3) is 17.1. The monoisotopic (exact) mass is 563 g/mol. The minimum atomic E-state index is 0.752. The molecule has 0 aliphatic heterocycles. The molecule has 3 nitrogen and oxygen atoms in total. The fourth-order valence-corrected chi connectivity index (χ4v) is 4.50. The molecule has 0 spiro atoms. The van der Waals surface area contributed by atoms with Crippen LogP contribution in [0.1, 0.15) is 83.9 Å². The molecule has 0 saturated carbocycles. The van der Waals surface area contributed by atoms with Gasteiger partial charge in [-0.1, -0.05) is 89.2 Å². The van der Waals surface area contributed by atoms with Crippen LogP contribution in [0.5, 0.6) is 0 Å². The fraction of sp³-hybridized carbons (Fsp3) is 0.472. The second-order valence-corrected chi connectivity index (χ2v) is 11.6. The first-order chi connectivity index (χ1) is 19.1. The average Bonchev–Trinajstić information content (AvgIpc) is 2.95. The van der Waals surface area contributed by atoms with Crippen molar-refractivity contribution < 1.29 is 0 Å². The Labute approximate surface area is 252 Å². The Morgan fingerprint density at radius 1 is 1.02 bits per heavy atom. The molecule has 0 aromatic heterocycles. The second-order valence-electron chi connectivity index (χ2n) is 10.4. The molecule has 0 radical (unpaired) electrons. The second kappa shape index (κ2) is 23.0. The Morgan fingerprint density at radius 2 is 1.70 bits per heavy atom. The van der Waals surface area contributed by atoms with Crippen molar-refractivity contribution >= 4 is 18.5 Å². The number of hydrogen-bond donors (Lipinski definition) is 0. The SMILES string of the molecule is C=CCC(C)C.C=NN(Cc1cc(C)ccc1C)/C(C)=C\CN(CCC)C(=C)CC.CCCSc1ccccc1. The maximum absolute atomic E-state index is 4.22. The molecule has 2 aromatic carbocycles. The molecule has 0 heterocycles. The van der Waals surface area contributed by atoms with Crippen LogP contribution in [0, 0.1) is 19.8 Å². The van der Waals surface area contributed by atoms with Crippen molar-refractivity contribution in [2.75, 3.05) is 18.8 Å². The van der Waals surface area contributed by atoms with E-state index >= 15 is 0 Å². The highest BCUT2D eigenvalue weighted by atomic mass is 32.2. The van der Waals surface area contributed by atoms with Gasteiger partial charge in [-0.3, -0.25) is 5.01 Å². The number of benzene rings is 2. The van der Waals surface area contributed by atoms with E-state index in [9.17, 15) is 0 Å². The van der Waals surface area contributed by atoms with Crippen molar-refractivity contribution in [2.24, 2.45) is 11.0 Å². The molecule has 0 aliphatic rings. The van der Waals surface area contributed by atoms with Gasteiger partial charge in [-0.25, -0.2) is 0 Å². The van der Waals surface area contributed by atoms with Crippen molar-refractivity contribution in [1.29, 1.82) is 0 Å². The lowest BCUT2D eigenvalue weighted by atomic mass is 10.1. The minimum absolute atomic E-state index is 0.752. The molecule has 0 saturated heterocycles. The zero-order chi connectivity index (χ0) is 30.3. The molecule has 4 heteroatoms. The summed E-state index contributed by atoms with van der Waals surface area (Å²) < 4.78 is 0. The van der Waals surface area contributed by atoms with Gasteiger partial charge in [0, 0.05) is 36.1 Å². The van der Waals surface area contributed by atoms with Gasteiger partial charge in [0.1, 0.15) is 0 Å². The largest absolute Gasteiger partial charge is 0.372 e. The summed E-state index contributed by atoms with van der Waals surface area (Å²) in [5, 5.41) is 6.19. The van der Waals surface area contributed by atoms with E-state index in [0.717, 1.165) is 50.5 Å². The van der Waals surface area contributed by atoms with Gasteiger partial charge < -0.3 is 4.90 Å². The predicted molar refractivity (Wildman–Crippen MR) is 183 cm³/mol. The highest BCUT2D eigenvalue weighted by Gasteiger charge is 2.09. The van der Waals surface area contributed by atoms with Gasteiger partial charge >= 0.3 is 0 Å². The Balaban J connectivity index is 0.000000772. The molecule has 2 rings (SSSR count). The van der Waals surface area contributed by atoms with Gasteiger partial charge in [-0.2, -0.15) is 5.10 Å². The first-order valence-corrected chi connectivity index (χ1v) is 15.8. The van der Waals surface area contributed by atoms with Gasteiger partial charge in [-0.15, -0.1) is 18.3 Å². The summed E-state index contributed by atoms with van der Waals surface area (Å²) in [5.74, 6) is 2.01. The summed E-state index contributed by atoms with van der Waals surface area (Å²) in [7, 11) is 0. The van der Waals surface area contributed by atoms with Crippen LogP contribution in [0.2, 0.25) is 0 Å². The molecule has 0 bridgehead atoms. The lowest BCUT2D eigenvalue weighted by Gasteiger charge is -2.26. The maximum atomic E-state index is 4.22. The minimum Gasteiger partial charge on any atom is -0.372 e. The number of rotatable bonds is 15. The lowest BCUT2D eigenvalue weighted by molar-refractivity contribution is 0.342. The molecule has 2 aromatic rings. The van der Waals surface area contributed by atoms with E-state index < -0.39 is 0 Å². The van der Waals surface area contributed by atoms with E-state index in [1.165, 1.54) is 39.5 Å². The van der Waals surface area contributed by atoms with Crippen LogP contribution in [0.4, 0.5) is 0 Å². The van der Waals surface area contributed by atoms with Crippen molar-refractivity contribution in [2.45, 2.75) is 92.5 Å². The third-order valence-corrected chi connectivity index (χ3v) is 7.43. The molecule has 222 valence electrons. The normalized spacial score (nSPS) is 10.6. The first-order valence-electron chi connectivity index (χ1n) is 14.8. The average molecular weight is 564 g/mol. The number of aryl methyl sites for hydroxylation is 2. The zero-order valence-electron chi connectivity index (χ0n) is 26.9. The third-order valence-electron chi connectivity index (χ3n) is 6.21. The van der Waals surface area contributed by atoms with Crippen molar-refractivity contribution in [3.05, 3.63) is 102 Å². The van der Waals surface area contributed by atoms with Crippen LogP contribution in [-0.2, 0) is 6.54 Å². The van der Waals surface area contributed by atoms with Gasteiger partial charge in [0.15, 0.2) is 0 Å². The van der Waals surface area contributed by atoms with Crippen LogP contribution < -0.4 is 0 Å². The summed E-state index contributed by atoms with van der Waals surface area (Å²) in [6.45, 7) is 31.5. The molecule has 0 atom stereocenters. The standard InChI is InChI=1S/C21H33N3.C9H12S.C6H12/c1-8-13-23(19(5)9-2)14-12-20(6)24(22-7)16-21-15-17(3)10-11-18(21)4;1-2-8-10-9-6-4-3-5-7-9;1-4-5-6(2)3/h10-12,15H,5,7-9,13-14,16H2,1-4,6H3;3-7H,2,8H2,1H3;4,6H,1,5H2,2-3H3/b20-12-;;. The number of thioether (sulfide) groups is 1. The molecule has 40 heavy (non-hydrogen) atoms. The van der Waals surface area contributed by atoms with Crippen molar-refractivity contribution in [3.8, 4) is 0 Å². The number of hydrazone groups is 1. The summed E-state index contributed by atoms with van der Waals surface area (Å²) in [5.41, 5.74) is 6.16. The van der Waals surface area contributed by atoms with E-state index in [0.29, 0.717) is 0 Å². The topological polar surface area (TPSA) is 18.8 Å². The molecule has 0 fully saturated rings. The molecular formula is C36H57N3S. The Bertz CT molecular complexity index is 994. The molecule has 0 unspecified atom stereocenters. The van der Waals surface area contributed by atoms with Gasteiger partial charge in [-0.05, 0) is 87.5 Å². The quantitative estimate of drug-likeness (QED) is 0.0929. The van der Waals surface area contributed by atoms with E-state index in [4.69, 9.17) is 0 Å². The van der Waals surface area contributed by atoms with Crippen LogP contribution in [0.3, 0.4) is 0 Å². The van der Waals surface area contributed by atoms with Crippen LogP contribution in [0.25, 0.3) is 0 Å². The number of nitrogens with zero attached hydrogens (tertiary/aromatic N) is 3. The molecular weight excluding hydrogens is 506 g/mol. The van der Waals surface area contributed by atoms with E-state index in [2.05, 4.69) is 140 Å². The molecule has 0 N–H and O–H groups in total. The zero-order valence-corrected chi connectivity index (χ0v) is 27.7. The fourth-order valence-electron chi connectivity index (χ4n) is 3.71. The Kier molecular flexibility index (Phi) is 21.5. The summed E-state index contributed by atoms with van der Waals surface area (Å²) in [6, 6.07) is 17.1. The van der Waals surface area contributed by atoms with Gasteiger partial charge in [0.05, 0.1) is 6.54 Å². The smallest absolute Gasteiger partial charge is 0.0664 e. The highest BCUT2D eigenvalue weighted by molar-refractivity contribution is 7.99. The van der Waals surface area contributed by atoms with E-state index in [1.807, 2.05) is 22.8 Å². The summed E-state index contributed by atoms with van der Waals surface area (Å²) in [6.07, 6.45) is 8.66.